The third-order valence-corrected chi connectivity index (χ3v) is 4.50. The number of nitrogen functional groups attached to an aromatic ring is 1. The number of aromatic nitrogens is 4. The SMILES string of the molecule is Nc1c(C2=CCC3(CC2)OCCO3)c(C(F)(F)F)nn1-c1ncccn1. The zero-order valence-corrected chi connectivity index (χ0v) is 13.7. The van der Waals surface area contributed by atoms with E-state index in [1.54, 1.807) is 12.1 Å². The summed E-state index contributed by atoms with van der Waals surface area (Å²) in [4.78, 5) is 7.86. The Bertz CT molecular complexity index is 842. The Morgan fingerprint density at radius 2 is 1.85 bits per heavy atom. The topological polar surface area (TPSA) is 88.1 Å². The third-order valence-electron chi connectivity index (χ3n) is 4.50. The molecule has 0 radical (unpaired) electrons. The first-order valence-electron chi connectivity index (χ1n) is 8.10. The fraction of sp³-hybridized carbons (Fsp3) is 0.438. The zero-order valence-electron chi connectivity index (χ0n) is 13.7. The smallest absolute Gasteiger partial charge is 0.383 e. The Kier molecular flexibility index (Phi) is 3.96. The highest BCUT2D eigenvalue weighted by Gasteiger charge is 2.43. The molecule has 4 rings (SSSR count). The van der Waals surface area contributed by atoms with Gasteiger partial charge in [0.15, 0.2) is 11.5 Å². The molecule has 0 amide bonds. The van der Waals surface area contributed by atoms with Crippen LogP contribution < -0.4 is 5.73 Å². The molecule has 0 bridgehead atoms. The first-order valence-corrected chi connectivity index (χ1v) is 8.10. The summed E-state index contributed by atoms with van der Waals surface area (Å²) in [5.74, 6) is -0.883. The molecule has 1 fully saturated rings. The van der Waals surface area contributed by atoms with Crippen molar-refractivity contribution in [1.82, 2.24) is 19.7 Å². The maximum Gasteiger partial charge on any atom is 0.435 e. The Balaban J connectivity index is 1.78. The minimum atomic E-state index is -4.65. The van der Waals surface area contributed by atoms with Gasteiger partial charge in [0.2, 0.25) is 0 Å². The van der Waals surface area contributed by atoms with Gasteiger partial charge in [-0.1, -0.05) is 6.08 Å². The summed E-state index contributed by atoms with van der Waals surface area (Å²) < 4.78 is 52.8. The van der Waals surface area contributed by atoms with Gasteiger partial charge in [-0.25, -0.2) is 9.97 Å². The molecule has 3 heterocycles. The number of rotatable bonds is 2. The summed E-state index contributed by atoms with van der Waals surface area (Å²) in [6, 6.07) is 1.56. The van der Waals surface area contributed by atoms with Crippen molar-refractivity contribution in [3.63, 3.8) is 0 Å². The second kappa shape index (κ2) is 6.06. The summed E-state index contributed by atoms with van der Waals surface area (Å²) >= 11 is 0. The number of alkyl halides is 3. The first-order chi connectivity index (χ1) is 12.4. The highest BCUT2D eigenvalue weighted by atomic mass is 19.4. The Morgan fingerprint density at radius 3 is 2.42 bits per heavy atom. The molecule has 2 aromatic rings. The van der Waals surface area contributed by atoms with Gasteiger partial charge in [-0.15, -0.1) is 0 Å². The molecule has 26 heavy (non-hydrogen) atoms. The number of anilines is 1. The van der Waals surface area contributed by atoms with Gasteiger partial charge in [0.1, 0.15) is 5.82 Å². The van der Waals surface area contributed by atoms with Crippen LogP contribution in [-0.2, 0) is 15.7 Å². The number of allylic oxidation sites excluding steroid dienone is 1. The van der Waals surface area contributed by atoms with Crippen LogP contribution in [0.4, 0.5) is 19.0 Å². The van der Waals surface area contributed by atoms with Gasteiger partial charge in [0, 0.05) is 25.2 Å². The van der Waals surface area contributed by atoms with E-state index < -0.39 is 17.7 Å². The number of hydrogen-bond acceptors (Lipinski definition) is 6. The quantitative estimate of drug-likeness (QED) is 0.878. The normalized spacial score (nSPS) is 19.7. The van der Waals surface area contributed by atoms with E-state index in [2.05, 4.69) is 15.1 Å². The van der Waals surface area contributed by atoms with Crippen molar-refractivity contribution < 1.29 is 22.6 Å². The minimum absolute atomic E-state index is 0.0166. The largest absolute Gasteiger partial charge is 0.435 e. The lowest BCUT2D eigenvalue weighted by molar-refractivity contribution is -0.159. The lowest BCUT2D eigenvalue weighted by Crippen LogP contribution is -2.31. The second-order valence-corrected chi connectivity index (χ2v) is 6.11. The van der Waals surface area contributed by atoms with Gasteiger partial charge in [0.05, 0.1) is 18.8 Å². The van der Waals surface area contributed by atoms with Crippen LogP contribution in [0.2, 0.25) is 0 Å². The van der Waals surface area contributed by atoms with Crippen LogP contribution in [0.25, 0.3) is 11.5 Å². The van der Waals surface area contributed by atoms with E-state index >= 15 is 0 Å². The van der Waals surface area contributed by atoms with E-state index in [1.807, 2.05) is 0 Å². The maximum absolute atomic E-state index is 13.6. The number of nitrogens with zero attached hydrogens (tertiary/aromatic N) is 4. The molecule has 10 heteroatoms. The third kappa shape index (κ3) is 2.84. The molecule has 1 saturated heterocycles. The fourth-order valence-corrected chi connectivity index (χ4v) is 3.29. The van der Waals surface area contributed by atoms with Crippen LogP contribution in [-0.4, -0.2) is 38.7 Å². The maximum atomic E-state index is 13.6. The molecular formula is C16H16F3N5O2. The number of halogens is 3. The van der Waals surface area contributed by atoms with Crippen molar-refractivity contribution >= 4 is 11.4 Å². The molecule has 2 aromatic heterocycles. The molecule has 0 saturated carbocycles. The minimum Gasteiger partial charge on any atom is -0.383 e. The first kappa shape index (κ1) is 17.0. The van der Waals surface area contributed by atoms with E-state index in [0.717, 1.165) is 4.68 Å². The van der Waals surface area contributed by atoms with E-state index in [4.69, 9.17) is 15.2 Å². The monoisotopic (exact) mass is 367 g/mol. The Hall–Kier alpha value is -2.46. The molecule has 138 valence electrons. The molecule has 1 spiro atoms. The molecule has 0 atom stereocenters. The van der Waals surface area contributed by atoms with Gasteiger partial charge < -0.3 is 15.2 Å². The van der Waals surface area contributed by atoms with Crippen molar-refractivity contribution in [2.75, 3.05) is 18.9 Å². The van der Waals surface area contributed by atoms with Crippen LogP contribution >= 0.6 is 0 Å². The lowest BCUT2D eigenvalue weighted by Gasteiger charge is -2.30. The lowest BCUT2D eigenvalue weighted by atomic mass is 9.89. The molecule has 1 aliphatic carbocycles. The van der Waals surface area contributed by atoms with Crippen molar-refractivity contribution in [2.24, 2.45) is 0 Å². The van der Waals surface area contributed by atoms with Crippen LogP contribution in [0.3, 0.4) is 0 Å². The molecular weight excluding hydrogens is 351 g/mol. The number of nitrogens with two attached hydrogens (primary N) is 1. The fourth-order valence-electron chi connectivity index (χ4n) is 3.29. The zero-order chi connectivity index (χ0) is 18.4. The van der Waals surface area contributed by atoms with E-state index in [0.29, 0.717) is 38.0 Å². The van der Waals surface area contributed by atoms with Gasteiger partial charge in [-0.3, -0.25) is 0 Å². The van der Waals surface area contributed by atoms with Crippen molar-refractivity contribution in [3.8, 4) is 5.95 Å². The number of hydrogen-bond donors (Lipinski definition) is 1. The number of ether oxygens (including phenoxy) is 2. The second-order valence-electron chi connectivity index (χ2n) is 6.11. The highest BCUT2D eigenvalue weighted by Crippen LogP contribution is 2.44. The van der Waals surface area contributed by atoms with Crippen molar-refractivity contribution in [2.45, 2.75) is 31.2 Å². The molecule has 2 N–H and O–H groups in total. The summed E-state index contributed by atoms with van der Waals surface area (Å²) in [6.07, 6.45) is 1.03. The van der Waals surface area contributed by atoms with Gasteiger partial charge in [-0.05, 0) is 18.1 Å². The van der Waals surface area contributed by atoms with E-state index in [9.17, 15) is 13.2 Å². The highest BCUT2D eigenvalue weighted by molar-refractivity contribution is 5.77. The Morgan fingerprint density at radius 1 is 1.15 bits per heavy atom. The molecule has 2 aliphatic rings. The Labute approximate surface area is 146 Å². The van der Waals surface area contributed by atoms with Crippen molar-refractivity contribution in [1.29, 1.82) is 0 Å². The summed E-state index contributed by atoms with van der Waals surface area (Å²) in [6.45, 7) is 0.977. The molecule has 7 nitrogen and oxygen atoms in total. The van der Waals surface area contributed by atoms with Gasteiger partial charge in [0.25, 0.3) is 5.95 Å². The standard InChI is InChI=1S/C16H16F3N5O2/c17-16(18,19)12-11(10-2-4-15(5-3-10)25-8-9-26-15)13(20)24(23-12)14-21-6-1-7-22-14/h1-2,6-7H,3-5,8-9,20H2. The van der Waals surface area contributed by atoms with Crippen molar-refractivity contribution in [3.05, 3.63) is 35.8 Å². The van der Waals surface area contributed by atoms with E-state index in [-0.39, 0.29) is 17.3 Å². The van der Waals surface area contributed by atoms with E-state index in [1.165, 1.54) is 12.4 Å². The van der Waals surface area contributed by atoms with Crippen LogP contribution in [0.1, 0.15) is 30.5 Å². The summed E-state index contributed by atoms with van der Waals surface area (Å²) in [7, 11) is 0. The predicted octanol–water partition coefficient (Wildman–Crippen LogP) is 2.57. The van der Waals surface area contributed by atoms with Gasteiger partial charge >= 0.3 is 6.18 Å². The molecule has 0 unspecified atom stereocenters. The molecule has 0 aromatic carbocycles. The van der Waals surface area contributed by atoms with Crippen LogP contribution in [0, 0.1) is 0 Å². The van der Waals surface area contributed by atoms with Crippen LogP contribution in [0.5, 0.6) is 0 Å². The predicted molar refractivity (Wildman–Crippen MR) is 85.0 cm³/mol. The molecule has 1 aliphatic heterocycles. The summed E-state index contributed by atoms with van der Waals surface area (Å²) in [5, 5.41) is 3.65. The average molecular weight is 367 g/mol. The summed E-state index contributed by atoms with van der Waals surface area (Å²) in [5.41, 5.74) is 5.33. The van der Waals surface area contributed by atoms with Gasteiger partial charge in [-0.2, -0.15) is 23.0 Å². The average Bonchev–Trinajstić information content (AvgIpc) is 3.21. The van der Waals surface area contributed by atoms with Crippen LogP contribution in [0.15, 0.2) is 24.5 Å².